The summed E-state index contributed by atoms with van der Waals surface area (Å²) in [6.45, 7) is 0. The summed E-state index contributed by atoms with van der Waals surface area (Å²) < 4.78 is 0. The zero-order valence-electron chi connectivity index (χ0n) is 10.7. The van der Waals surface area contributed by atoms with Gasteiger partial charge in [-0.3, -0.25) is 0 Å². The van der Waals surface area contributed by atoms with Crippen molar-refractivity contribution in [2.75, 3.05) is 17.0 Å². The molecule has 0 aliphatic carbocycles. The Morgan fingerprint density at radius 3 is 2.75 bits per heavy atom. The van der Waals surface area contributed by atoms with Crippen LogP contribution in [0.3, 0.4) is 0 Å². The molecule has 1 aliphatic heterocycles. The summed E-state index contributed by atoms with van der Waals surface area (Å²) in [4.78, 5) is 6.88. The van der Waals surface area contributed by atoms with E-state index in [1.54, 1.807) is 6.20 Å². The van der Waals surface area contributed by atoms with Gasteiger partial charge in [-0.05, 0) is 36.4 Å². The van der Waals surface area contributed by atoms with Gasteiger partial charge in [0.25, 0.3) is 0 Å². The Labute approximate surface area is 126 Å². The molecule has 0 fully saturated rings. The van der Waals surface area contributed by atoms with E-state index in [2.05, 4.69) is 4.98 Å². The molecule has 0 N–H and O–H groups in total. The molecule has 102 valence electrons. The van der Waals surface area contributed by atoms with Gasteiger partial charge < -0.3 is 15.2 Å². The van der Waals surface area contributed by atoms with Crippen molar-refractivity contribution in [2.24, 2.45) is 0 Å². The second kappa shape index (κ2) is 5.36. The molecule has 2 heterocycles. The Morgan fingerprint density at radius 1 is 1.25 bits per heavy atom. The largest absolute Gasteiger partial charge is 0.753 e. The lowest BCUT2D eigenvalue weighted by Gasteiger charge is -2.34. The fourth-order valence-electron chi connectivity index (χ4n) is 1.87. The number of rotatable bonds is 2. The highest BCUT2D eigenvalue weighted by molar-refractivity contribution is 8.03. The van der Waals surface area contributed by atoms with Crippen molar-refractivity contribution in [1.29, 1.82) is 0 Å². The van der Waals surface area contributed by atoms with Crippen molar-refractivity contribution in [3.63, 3.8) is 0 Å². The normalized spacial score (nSPS) is 13.8. The van der Waals surface area contributed by atoms with Gasteiger partial charge >= 0.3 is 0 Å². The molecule has 2 aromatic rings. The maximum Gasteiger partial charge on any atom is 0.136 e. The fourth-order valence-corrected chi connectivity index (χ4v) is 3.00. The molecule has 1 aliphatic rings. The molecule has 6 heteroatoms. The highest BCUT2D eigenvalue weighted by atomic mass is 35.5. The van der Waals surface area contributed by atoms with Gasteiger partial charge in [0.05, 0.1) is 9.92 Å². The van der Waals surface area contributed by atoms with Gasteiger partial charge in [0.15, 0.2) is 0 Å². The second-order valence-electron chi connectivity index (χ2n) is 4.26. The van der Waals surface area contributed by atoms with E-state index in [0.29, 0.717) is 10.8 Å². The number of halogens is 1. The average Bonchev–Trinajstić information content (AvgIpc) is 2.47. The number of thioether (sulfide) groups is 1. The molecule has 0 saturated carbocycles. The number of pyridine rings is 1. The van der Waals surface area contributed by atoms with Crippen LogP contribution in [0.5, 0.6) is 0 Å². The smallest absolute Gasteiger partial charge is 0.136 e. The molecule has 0 unspecified atom stereocenters. The van der Waals surface area contributed by atoms with E-state index in [1.807, 2.05) is 48.3 Å². The molecular formula is C14H11ClN3OS-. The van der Waals surface area contributed by atoms with Gasteiger partial charge in [0.2, 0.25) is 0 Å². The first kappa shape index (κ1) is 13.3. The topological polar surface area (TPSA) is 42.4 Å². The van der Waals surface area contributed by atoms with E-state index in [1.165, 1.54) is 18.0 Å². The third-order valence-corrected chi connectivity index (χ3v) is 4.33. The summed E-state index contributed by atoms with van der Waals surface area (Å²) >= 11 is 7.41. The molecule has 1 aromatic heterocycles. The van der Waals surface area contributed by atoms with E-state index in [0.717, 1.165) is 20.7 Å². The van der Waals surface area contributed by atoms with E-state index in [9.17, 15) is 5.21 Å². The maximum absolute atomic E-state index is 12.0. The minimum atomic E-state index is 0.436. The van der Waals surface area contributed by atoms with Gasteiger partial charge in [0, 0.05) is 30.2 Å². The predicted molar refractivity (Wildman–Crippen MR) is 83.9 cm³/mol. The van der Waals surface area contributed by atoms with Crippen LogP contribution in [0.15, 0.2) is 58.7 Å². The van der Waals surface area contributed by atoms with Gasteiger partial charge in [-0.2, -0.15) is 0 Å². The van der Waals surface area contributed by atoms with Gasteiger partial charge in [-0.1, -0.05) is 23.4 Å². The lowest BCUT2D eigenvalue weighted by Crippen LogP contribution is -2.21. The lowest BCUT2D eigenvalue weighted by molar-refractivity contribution is 1.07. The molecule has 0 atom stereocenters. The van der Waals surface area contributed by atoms with Crippen LogP contribution >= 0.6 is 23.4 Å². The molecule has 1 aromatic carbocycles. The molecule has 0 amide bonds. The lowest BCUT2D eigenvalue weighted by atomic mass is 10.3. The number of benzene rings is 1. The number of hydrogen-bond acceptors (Lipinski definition) is 5. The molecule has 0 radical (unpaired) electrons. The second-order valence-corrected chi connectivity index (χ2v) is 5.75. The van der Waals surface area contributed by atoms with Crippen LogP contribution in [0.4, 0.5) is 11.5 Å². The van der Waals surface area contributed by atoms with Crippen molar-refractivity contribution in [3.05, 3.63) is 64.1 Å². The first-order valence-corrected chi connectivity index (χ1v) is 7.15. The molecule has 0 bridgehead atoms. The Balaban J connectivity index is 1.90. The summed E-state index contributed by atoms with van der Waals surface area (Å²) in [5, 5.41) is 14.3. The van der Waals surface area contributed by atoms with E-state index in [-0.39, 0.29) is 0 Å². The zero-order chi connectivity index (χ0) is 14.1. The first-order chi connectivity index (χ1) is 9.65. The van der Waals surface area contributed by atoms with E-state index < -0.39 is 0 Å². The molecular weight excluding hydrogens is 294 g/mol. The number of fused-ring (bicyclic) bond motifs is 1. The average molecular weight is 305 g/mol. The maximum atomic E-state index is 12.0. The van der Waals surface area contributed by atoms with Gasteiger partial charge in [-0.15, -0.1) is 0 Å². The summed E-state index contributed by atoms with van der Waals surface area (Å²) in [6, 6.07) is 11.2. The Kier molecular flexibility index (Phi) is 3.56. The number of hydrogen-bond donors (Lipinski definition) is 0. The van der Waals surface area contributed by atoms with Crippen LogP contribution in [0.1, 0.15) is 0 Å². The zero-order valence-corrected chi connectivity index (χ0v) is 12.2. The molecule has 4 nitrogen and oxygen atoms in total. The Bertz CT molecular complexity index is 660. The molecule has 0 spiro atoms. The highest BCUT2D eigenvalue weighted by Crippen LogP contribution is 2.40. The highest BCUT2D eigenvalue weighted by Gasteiger charge is 2.17. The summed E-state index contributed by atoms with van der Waals surface area (Å²) in [6.07, 6.45) is 3.15. The van der Waals surface area contributed by atoms with Gasteiger partial charge in [-0.25, -0.2) is 4.98 Å². The fraction of sp³-hybridized carbons (Fsp3) is 0.0714. The third kappa shape index (κ3) is 2.47. The number of aromatic nitrogens is 1. The monoisotopic (exact) mass is 304 g/mol. The Hall–Kier alpha value is -1.69. The minimum Gasteiger partial charge on any atom is -0.753 e. The van der Waals surface area contributed by atoms with Crippen molar-refractivity contribution in [2.45, 2.75) is 4.90 Å². The molecule has 0 saturated heterocycles. The minimum absolute atomic E-state index is 0.436. The number of hydroxylamine groups is 1. The van der Waals surface area contributed by atoms with Gasteiger partial charge in [0.1, 0.15) is 5.82 Å². The molecule has 3 rings (SSSR count). The van der Waals surface area contributed by atoms with Crippen molar-refractivity contribution in [1.82, 2.24) is 4.98 Å². The summed E-state index contributed by atoms with van der Waals surface area (Å²) in [5.74, 6) is 0.436. The standard InChI is InChI=1S/C14H11ClN3OS/c1-17(11-6-4-10(15)5-7-11)13-9-18(19)14-12(20-13)3-2-8-16-14/h2-9H,1H3/q-1. The van der Waals surface area contributed by atoms with Crippen LogP contribution in [0.2, 0.25) is 5.02 Å². The van der Waals surface area contributed by atoms with Crippen LogP contribution in [0.25, 0.3) is 0 Å². The summed E-state index contributed by atoms with van der Waals surface area (Å²) in [7, 11) is 1.91. The van der Waals surface area contributed by atoms with Crippen molar-refractivity contribution >= 4 is 34.9 Å². The Morgan fingerprint density at radius 2 is 2.00 bits per heavy atom. The van der Waals surface area contributed by atoms with Crippen LogP contribution < -0.4 is 9.96 Å². The van der Waals surface area contributed by atoms with Crippen molar-refractivity contribution in [3.8, 4) is 0 Å². The first-order valence-electron chi connectivity index (χ1n) is 5.95. The van der Waals surface area contributed by atoms with Crippen LogP contribution in [0, 0.1) is 5.21 Å². The van der Waals surface area contributed by atoms with Crippen LogP contribution in [-0.2, 0) is 0 Å². The van der Waals surface area contributed by atoms with E-state index in [4.69, 9.17) is 11.6 Å². The SMILES string of the molecule is CN(C1=CN([O-])c2ncccc2S1)c1ccc(Cl)cc1. The van der Waals surface area contributed by atoms with Crippen LogP contribution in [-0.4, -0.2) is 12.0 Å². The van der Waals surface area contributed by atoms with E-state index >= 15 is 0 Å². The molecule has 20 heavy (non-hydrogen) atoms. The predicted octanol–water partition coefficient (Wildman–Crippen LogP) is 4.08. The quantitative estimate of drug-likeness (QED) is 0.836. The number of nitrogens with zero attached hydrogens (tertiary/aromatic N) is 3. The number of anilines is 2. The third-order valence-electron chi connectivity index (χ3n) is 2.95. The van der Waals surface area contributed by atoms with Crippen molar-refractivity contribution < 1.29 is 0 Å². The summed E-state index contributed by atoms with van der Waals surface area (Å²) in [5.41, 5.74) is 0.967.